The molecule has 3 aromatic rings. The fourth-order valence-corrected chi connectivity index (χ4v) is 4.87. The van der Waals surface area contributed by atoms with E-state index in [4.69, 9.17) is 23.2 Å². The molecule has 0 aliphatic heterocycles. The topological polar surface area (TPSA) is 32.3 Å². The van der Waals surface area contributed by atoms with E-state index in [9.17, 15) is 5.11 Å². The lowest BCUT2D eigenvalue weighted by Crippen LogP contribution is -2.28. The normalized spacial score (nSPS) is 13.2. The first-order chi connectivity index (χ1) is 14.0. The van der Waals surface area contributed by atoms with E-state index in [-0.39, 0.29) is 0 Å². The van der Waals surface area contributed by atoms with Crippen molar-refractivity contribution in [2.24, 2.45) is 0 Å². The Labute approximate surface area is 187 Å². The molecule has 0 aliphatic rings. The summed E-state index contributed by atoms with van der Waals surface area (Å²) in [5.41, 5.74) is 4.15. The number of thioether (sulfide) groups is 1. The average Bonchev–Trinajstić information content (AvgIpc) is 2.74. The molecule has 3 aromatic carbocycles. The van der Waals surface area contributed by atoms with Crippen molar-refractivity contribution in [3.63, 3.8) is 0 Å². The molecule has 1 atom stereocenters. The lowest BCUT2D eigenvalue weighted by Gasteiger charge is -2.29. The van der Waals surface area contributed by atoms with Crippen molar-refractivity contribution in [1.82, 2.24) is 5.32 Å². The Balaban J connectivity index is 1.81. The maximum atomic E-state index is 11.5. The summed E-state index contributed by atoms with van der Waals surface area (Å²) in [5.74, 6) is 0.596. The highest BCUT2D eigenvalue weighted by Gasteiger charge is 2.29. The molecule has 3 rings (SSSR count). The number of halogens is 2. The van der Waals surface area contributed by atoms with Crippen molar-refractivity contribution in [2.45, 2.75) is 24.0 Å². The van der Waals surface area contributed by atoms with Crippen LogP contribution in [0.1, 0.15) is 24.5 Å². The molecule has 2 nitrogen and oxygen atoms in total. The summed E-state index contributed by atoms with van der Waals surface area (Å²) in [6.45, 7) is 3.67. The third-order valence-electron chi connectivity index (χ3n) is 4.82. The Morgan fingerprint density at radius 1 is 0.931 bits per heavy atom. The van der Waals surface area contributed by atoms with Gasteiger partial charge in [-0.1, -0.05) is 90.8 Å². The van der Waals surface area contributed by atoms with Gasteiger partial charge in [0.1, 0.15) is 4.93 Å². The summed E-state index contributed by atoms with van der Waals surface area (Å²) in [4.78, 5) is -1.01. The summed E-state index contributed by atoms with van der Waals surface area (Å²) in [6.07, 6.45) is 0.599. The van der Waals surface area contributed by atoms with Crippen LogP contribution < -0.4 is 5.32 Å². The first-order valence-electron chi connectivity index (χ1n) is 9.69. The minimum Gasteiger partial charge on any atom is -0.375 e. The van der Waals surface area contributed by atoms with Gasteiger partial charge in [-0.25, -0.2) is 0 Å². The number of benzene rings is 3. The van der Waals surface area contributed by atoms with E-state index in [1.54, 1.807) is 6.07 Å². The van der Waals surface area contributed by atoms with Gasteiger partial charge in [0.25, 0.3) is 0 Å². The molecule has 0 saturated carbocycles. The fourth-order valence-electron chi connectivity index (χ4n) is 3.12. The van der Waals surface area contributed by atoms with Crippen molar-refractivity contribution < 1.29 is 5.11 Å². The van der Waals surface area contributed by atoms with Crippen molar-refractivity contribution >= 4 is 35.0 Å². The number of aliphatic hydroxyl groups is 1. The number of nitrogens with one attached hydrogen (secondary N) is 1. The van der Waals surface area contributed by atoms with Gasteiger partial charge in [0, 0.05) is 22.2 Å². The molecule has 152 valence electrons. The van der Waals surface area contributed by atoms with Crippen LogP contribution in [0.2, 0.25) is 10.0 Å². The van der Waals surface area contributed by atoms with Gasteiger partial charge in [-0.15, -0.1) is 11.8 Å². The second kappa shape index (κ2) is 10.5. The molecule has 5 heteroatoms. The van der Waals surface area contributed by atoms with Crippen LogP contribution in [0.25, 0.3) is 11.1 Å². The van der Waals surface area contributed by atoms with Gasteiger partial charge in [-0.05, 0) is 47.5 Å². The molecule has 0 aliphatic carbocycles. The highest BCUT2D eigenvalue weighted by atomic mass is 35.5. The predicted octanol–water partition coefficient (Wildman–Crippen LogP) is 6.74. The van der Waals surface area contributed by atoms with Gasteiger partial charge >= 0.3 is 0 Å². The van der Waals surface area contributed by atoms with Crippen LogP contribution in [0, 0.1) is 0 Å². The third-order valence-corrected chi connectivity index (χ3v) is 6.77. The van der Waals surface area contributed by atoms with E-state index in [1.807, 2.05) is 42.5 Å². The molecule has 0 aromatic heterocycles. The zero-order valence-corrected chi connectivity index (χ0v) is 18.7. The van der Waals surface area contributed by atoms with Crippen LogP contribution in [0.15, 0.2) is 72.8 Å². The Bertz CT molecular complexity index is 918. The molecule has 2 N–H and O–H groups in total. The zero-order chi connectivity index (χ0) is 20.7. The second-order valence-electron chi connectivity index (χ2n) is 6.86. The highest BCUT2D eigenvalue weighted by molar-refractivity contribution is 7.99. The van der Waals surface area contributed by atoms with Crippen LogP contribution in [0.3, 0.4) is 0 Å². The standard InChI is InChI=1S/C24H25Cl2NOS/c1-2-27-15-14-24(28,29-17-20-10-13-22(25)16-23(20)26)21-11-8-19(9-12-21)18-6-4-3-5-7-18/h3-13,16,27-28H,2,14-15,17H2,1H3. The van der Waals surface area contributed by atoms with Crippen molar-refractivity contribution in [3.8, 4) is 11.1 Å². The Hall–Kier alpha value is -1.49. The molecular weight excluding hydrogens is 421 g/mol. The lowest BCUT2D eigenvalue weighted by molar-refractivity contribution is 0.127. The number of hydrogen-bond donors (Lipinski definition) is 2. The highest BCUT2D eigenvalue weighted by Crippen LogP contribution is 2.40. The molecule has 0 amide bonds. The molecular formula is C24H25Cl2NOS. The lowest BCUT2D eigenvalue weighted by atomic mass is 10.0. The van der Waals surface area contributed by atoms with Crippen molar-refractivity contribution in [3.05, 3.63) is 94.0 Å². The zero-order valence-electron chi connectivity index (χ0n) is 16.4. The molecule has 0 radical (unpaired) electrons. The minimum absolute atomic E-state index is 0.596. The molecule has 0 saturated heterocycles. The first-order valence-corrected chi connectivity index (χ1v) is 11.4. The first kappa shape index (κ1) is 22.2. The third kappa shape index (κ3) is 6.00. The van der Waals surface area contributed by atoms with Crippen LogP contribution in [0.5, 0.6) is 0 Å². The second-order valence-corrected chi connectivity index (χ2v) is 8.95. The van der Waals surface area contributed by atoms with E-state index in [0.717, 1.165) is 35.3 Å². The van der Waals surface area contributed by atoms with Crippen LogP contribution in [-0.2, 0) is 10.7 Å². The van der Waals surface area contributed by atoms with Crippen molar-refractivity contribution in [1.29, 1.82) is 0 Å². The molecule has 0 bridgehead atoms. The van der Waals surface area contributed by atoms with Gasteiger partial charge in [0.05, 0.1) is 0 Å². The largest absolute Gasteiger partial charge is 0.375 e. The summed E-state index contributed by atoms with van der Waals surface area (Å²) >= 11 is 13.8. The van der Waals surface area contributed by atoms with Gasteiger partial charge in [0.2, 0.25) is 0 Å². The van der Waals surface area contributed by atoms with E-state index >= 15 is 0 Å². The van der Waals surface area contributed by atoms with E-state index in [1.165, 1.54) is 11.8 Å². The number of hydrogen-bond acceptors (Lipinski definition) is 3. The summed E-state index contributed by atoms with van der Waals surface area (Å²) in [5, 5.41) is 16.1. The summed E-state index contributed by atoms with van der Waals surface area (Å²) in [6, 6.07) is 23.9. The van der Waals surface area contributed by atoms with Crippen LogP contribution >= 0.6 is 35.0 Å². The molecule has 1 unspecified atom stereocenters. The SMILES string of the molecule is CCNCCC(O)(SCc1ccc(Cl)cc1Cl)c1ccc(-c2ccccc2)cc1. The molecule has 29 heavy (non-hydrogen) atoms. The molecule has 0 spiro atoms. The average molecular weight is 446 g/mol. The van der Waals surface area contributed by atoms with E-state index in [2.05, 4.69) is 36.5 Å². The maximum Gasteiger partial charge on any atom is 0.137 e. The molecule has 0 heterocycles. The van der Waals surface area contributed by atoms with E-state index < -0.39 is 4.93 Å². The Morgan fingerprint density at radius 2 is 1.62 bits per heavy atom. The van der Waals surface area contributed by atoms with Gasteiger partial charge < -0.3 is 10.4 Å². The van der Waals surface area contributed by atoms with Gasteiger partial charge in [-0.3, -0.25) is 0 Å². The van der Waals surface area contributed by atoms with Crippen molar-refractivity contribution in [2.75, 3.05) is 13.1 Å². The predicted molar refractivity (Wildman–Crippen MR) is 127 cm³/mol. The quantitative estimate of drug-likeness (QED) is 0.282. The summed E-state index contributed by atoms with van der Waals surface area (Å²) in [7, 11) is 0. The molecule has 0 fully saturated rings. The van der Waals surface area contributed by atoms with Crippen LogP contribution in [-0.4, -0.2) is 18.2 Å². The summed E-state index contributed by atoms with van der Waals surface area (Å²) < 4.78 is 0. The van der Waals surface area contributed by atoms with Gasteiger partial charge in [0.15, 0.2) is 0 Å². The smallest absolute Gasteiger partial charge is 0.137 e. The maximum absolute atomic E-state index is 11.5. The Kier molecular flexibility index (Phi) is 8.05. The van der Waals surface area contributed by atoms with Crippen LogP contribution in [0.4, 0.5) is 0 Å². The number of rotatable bonds is 9. The minimum atomic E-state index is -1.01. The monoisotopic (exact) mass is 445 g/mol. The van der Waals surface area contributed by atoms with Gasteiger partial charge in [-0.2, -0.15) is 0 Å². The fraction of sp³-hybridized carbons (Fsp3) is 0.250. The Morgan fingerprint density at radius 3 is 2.28 bits per heavy atom. The van der Waals surface area contributed by atoms with E-state index in [0.29, 0.717) is 22.2 Å².